The highest BCUT2D eigenvalue weighted by Crippen LogP contribution is 2.62. The molecule has 1 N–H and O–H groups in total. The van der Waals surface area contributed by atoms with E-state index in [-0.39, 0.29) is 16.9 Å². The number of aromatic nitrogens is 1. The second kappa shape index (κ2) is 4.51. The van der Waals surface area contributed by atoms with Gasteiger partial charge < -0.3 is 9.83 Å². The molecule has 4 unspecified atom stereocenters. The van der Waals surface area contributed by atoms with Crippen LogP contribution in [0.25, 0.3) is 15.7 Å². The van der Waals surface area contributed by atoms with Crippen LogP contribution < -0.4 is 0 Å². The number of rotatable bonds is 1. The van der Waals surface area contributed by atoms with E-state index in [4.69, 9.17) is 6.57 Å². The van der Waals surface area contributed by atoms with E-state index < -0.39 is 0 Å². The first-order chi connectivity index (χ1) is 10.9. The van der Waals surface area contributed by atoms with Crippen molar-refractivity contribution in [2.75, 3.05) is 0 Å². The number of nitrogens with one attached hydrogen (secondary N) is 1. The van der Waals surface area contributed by atoms with Gasteiger partial charge in [0.15, 0.2) is 0 Å². The van der Waals surface area contributed by atoms with Crippen molar-refractivity contribution in [1.29, 1.82) is 0 Å². The van der Waals surface area contributed by atoms with Gasteiger partial charge in [0.25, 0.3) is 0 Å². The minimum absolute atomic E-state index is 0.0153. The summed E-state index contributed by atoms with van der Waals surface area (Å²) in [5.74, 6) is 0.853. The quantitative estimate of drug-likeness (QED) is 0.535. The molecule has 2 aliphatic carbocycles. The van der Waals surface area contributed by atoms with E-state index in [1.54, 1.807) is 0 Å². The van der Waals surface area contributed by atoms with Gasteiger partial charge in [0.1, 0.15) is 0 Å². The Morgan fingerprint density at radius 1 is 1.30 bits per heavy atom. The van der Waals surface area contributed by atoms with Gasteiger partial charge in [0.2, 0.25) is 6.04 Å². The molecule has 4 rings (SSSR count). The number of hydrogen-bond acceptors (Lipinski definition) is 0. The summed E-state index contributed by atoms with van der Waals surface area (Å²) in [6, 6.07) is 8.54. The van der Waals surface area contributed by atoms with Gasteiger partial charge in [0, 0.05) is 22.0 Å². The van der Waals surface area contributed by atoms with Crippen molar-refractivity contribution in [2.45, 2.75) is 51.0 Å². The summed E-state index contributed by atoms with van der Waals surface area (Å²) in [7, 11) is 0. The van der Waals surface area contributed by atoms with E-state index >= 15 is 0 Å². The Morgan fingerprint density at radius 3 is 2.74 bits per heavy atom. The topological polar surface area (TPSA) is 20.1 Å². The number of hydrogen-bond donors (Lipinski definition) is 1. The second-order valence-electron chi connectivity index (χ2n) is 8.14. The first-order valence-corrected chi connectivity index (χ1v) is 8.55. The molecule has 0 radical (unpaired) electrons. The third kappa shape index (κ3) is 1.68. The fourth-order valence-corrected chi connectivity index (χ4v) is 5.25. The molecule has 0 amide bonds. The average molecular weight is 304 g/mol. The molecule has 4 atom stereocenters. The van der Waals surface area contributed by atoms with E-state index in [0.717, 1.165) is 6.42 Å². The van der Waals surface area contributed by atoms with Crippen LogP contribution in [0, 0.1) is 17.9 Å². The van der Waals surface area contributed by atoms with E-state index in [1.807, 2.05) is 6.08 Å². The van der Waals surface area contributed by atoms with Crippen LogP contribution in [0.2, 0.25) is 0 Å². The van der Waals surface area contributed by atoms with Crippen LogP contribution in [-0.4, -0.2) is 11.0 Å². The molecule has 2 heteroatoms. The lowest BCUT2D eigenvalue weighted by atomic mass is 9.59. The largest absolute Gasteiger partial charge is 0.358 e. The SMILES string of the molecule is [C-]#[N+]C1C2c3c([nH]c4ccccc34)C(C)(C)C2CCC1(C)C=C. The Labute approximate surface area is 138 Å². The highest BCUT2D eigenvalue weighted by atomic mass is 14.9. The number of H-pyrrole nitrogens is 1. The lowest BCUT2D eigenvalue weighted by molar-refractivity contribution is 0.142. The third-order valence-corrected chi connectivity index (χ3v) is 6.70. The number of benzene rings is 1. The Morgan fingerprint density at radius 2 is 2.04 bits per heavy atom. The molecular weight excluding hydrogens is 280 g/mol. The van der Waals surface area contributed by atoms with Crippen molar-refractivity contribution in [2.24, 2.45) is 11.3 Å². The van der Waals surface area contributed by atoms with Crippen molar-refractivity contribution in [1.82, 2.24) is 4.98 Å². The van der Waals surface area contributed by atoms with Crippen molar-refractivity contribution in [3.63, 3.8) is 0 Å². The predicted molar refractivity (Wildman–Crippen MR) is 95.5 cm³/mol. The molecule has 1 aromatic heterocycles. The van der Waals surface area contributed by atoms with Crippen LogP contribution in [0.1, 0.15) is 50.8 Å². The fourth-order valence-electron chi connectivity index (χ4n) is 5.25. The summed E-state index contributed by atoms with van der Waals surface area (Å²) in [4.78, 5) is 7.81. The summed E-state index contributed by atoms with van der Waals surface area (Å²) >= 11 is 0. The van der Waals surface area contributed by atoms with Gasteiger partial charge >= 0.3 is 0 Å². The Balaban J connectivity index is 2.00. The number of nitrogens with zero attached hydrogens (tertiary/aromatic N) is 1. The van der Waals surface area contributed by atoms with E-state index in [1.165, 1.54) is 28.6 Å². The molecule has 23 heavy (non-hydrogen) atoms. The van der Waals surface area contributed by atoms with Gasteiger partial charge in [-0.3, -0.25) is 0 Å². The first-order valence-electron chi connectivity index (χ1n) is 8.55. The van der Waals surface area contributed by atoms with Crippen molar-refractivity contribution < 1.29 is 0 Å². The average Bonchev–Trinajstić information content (AvgIpc) is 3.02. The summed E-state index contributed by atoms with van der Waals surface area (Å²) in [5.41, 5.74) is 3.99. The Kier molecular flexibility index (Phi) is 2.86. The van der Waals surface area contributed by atoms with Crippen molar-refractivity contribution in [3.05, 3.63) is 59.6 Å². The normalized spacial score (nSPS) is 34.6. The standard InChI is InChI=1S/C21H24N2/c1-6-21(4)12-11-14-17(19(21)22-5)16-13-9-7-8-10-15(13)23-18(16)20(14,2)3/h6-10,14,17,19,23H,1,11-12H2,2-4H3. The first kappa shape index (κ1) is 14.6. The Hall–Kier alpha value is -2.01. The van der Waals surface area contributed by atoms with Gasteiger partial charge in [-0.15, -0.1) is 6.58 Å². The maximum absolute atomic E-state index is 7.91. The van der Waals surface area contributed by atoms with Gasteiger partial charge in [-0.1, -0.05) is 38.1 Å². The zero-order chi connectivity index (χ0) is 16.4. The molecule has 1 aromatic carbocycles. The number of para-hydroxylation sites is 1. The van der Waals surface area contributed by atoms with Crippen LogP contribution in [-0.2, 0) is 5.41 Å². The lowest BCUT2D eigenvalue weighted by Gasteiger charge is -2.42. The van der Waals surface area contributed by atoms with Crippen LogP contribution in [0.5, 0.6) is 0 Å². The highest BCUT2D eigenvalue weighted by molar-refractivity contribution is 5.87. The van der Waals surface area contributed by atoms with Crippen LogP contribution in [0.3, 0.4) is 0 Å². The molecule has 1 heterocycles. The minimum atomic E-state index is -0.0843. The fraction of sp³-hybridized carbons (Fsp3) is 0.476. The summed E-state index contributed by atoms with van der Waals surface area (Å²) in [6.07, 6.45) is 4.27. The molecule has 2 aliphatic rings. The molecule has 0 bridgehead atoms. The maximum atomic E-state index is 7.91. The molecule has 0 spiro atoms. The smallest absolute Gasteiger partial charge is 0.239 e. The van der Waals surface area contributed by atoms with E-state index in [2.05, 4.69) is 61.4 Å². The highest BCUT2D eigenvalue weighted by Gasteiger charge is 2.60. The Bertz CT molecular complexity index is 835. The van der Waals surface area contributed by atoms with Gasteiger partial charge in [0.05, 0.1) is 11.3 Å². The monoisotopic (exact) mass is 304 g/mol. The molecule has 0 aliphatic heterocycles. The zero-order valence-corrected chi connectivity index (χ0v) is 14.2. The molecule has 2 nitrogen and oxygen atoms in total. The van der Waals surface area contributed by atoms with Crippen molar-refractivity contribution >= 4 is 10.9 Å². The van der Waals surface area contributed by atoms with Crippen LogP contribution in [0.4, 0.5) is 0 Å². The maximum Gasteiger partial charge on any atom is 0.239 e. The van der Waals surface area contributed by atoms with E-state index in [9.17, 15) is 0 Å². The van der Waals surface area contributed by atoms with Crippen LogP contribution in [0.15, 0.2) is 36.9 Å². The predicted octanol–water partition coefficient (Wildman–Crippen LogP) is 5.43. The number of aromatic amines is 1. The second-order valence-corrected chi connectivity index (χ2v) is 8.14. The molecule has 1 fully saturated rings. The molecule has 118 valence electrons. The summed E-state index contributed by atoms with van der Waals surface area (Å²) in [6.45, 7) is 18.9. The molecule has 0 saturated heterocycles. The molecule has 1 saturated carbocycles. The summed E-state index contributed by atoms with van der Waals surface area (Å²) < 4.78 is 0. The van der Waals surface area contributed by atoms with Crippen LogP contribution >= 0.6 is 0 Å². The lowest BCUT2D eigenvalue weighted by Crippen LogP contribution is -2.43. The number of fused-ring (bicyclic) bond motifs is 5. The third-order valence-electron chi connectivity index (χ3n) is 6.70. The minimum Gasteiger partial charge on any atom is -0.358 e. The molecular formula is C21H24N2. The zero-order valence-electron chi connectivity index (χ0n) is 14.2. The van der Waals surface area contributed by atoms with Gasteiger partial charge in [-0.2, -0.15) is 0 Å². The van der Waals surface area contributed by atoms with Gasteiger partial charge in [-0.05, 0) is 37.3 Å². The molecule has 2 aromatic rings. The summed E-state index contributed by atoms with van der Waals surface area (Å²) in [5, 5.41) is 1.31. The van der Waals surface area contributed by atoms with E-state index in [0.29, 0.717) is 11.8 Å². The van der Waals surface area contributed by atoms with Gasteiger partial charge in [-0.25, -0.2) is 6.57 Å². The van der Waals surface area contributed by atoms with Crippen molar-refractivity contribution in [3.8, 4) is 0 Å².